The maximum Gasteiger partial charge on any atom is 0.339 e. The lowest BCUT2D eigenvalue weighted by Crippen LogP contribution is -2.49. The first-order chi connectivity index (χ1) is 17.5. The summed E-state index contributed by atoms with van der Waals surface area (Å²) in [6.07, 6.45) is 0.0244. The first kappa shape index (κ1) is 23.5. The van der Waals surface area contributed by atoms with Crippen LogP contribution in [0.15, 0.2) is 72.8 Å². The molecule has 1 fully saturated rings. The largest absolute Gasteiger partial charge is 0.454 e. The average molecular weight is 489 g/mol. The fourth-order valence-electron chi connectivity index (χ4n) is 4.54. The third-order valence-corrected chi connectivity index (χ3v) is 6.54. The van der Waals surface area contributed by atoms with Gasteiger partial charge in [0.1, 0.15) is 11.9 Å². The number of nitrogens with zero attached hydrogens (tertiary/aromatic N) is 2. The number of hydrogen-bond donors (Lipinski definition) is 0. The van der Waals surface area contributed by atoms with Crippen LogP contribution in [-0.2, 0) is 20.7 Å². The van der Waals surface area contributed by atoms with Gasteiger partial charge in [-0.2, -0.15) is 0 Å². The molecule has 5 rings (SSSR count). The van der Waals surface area contributed by atoms with Crippen molar-refractivity contribution in [2.45, 2.75) is 12.5 Å². The van der Waals surface area contributed by atoms with Crippen LogP contribution in [0.2, 0.25) is 0 Å². The van der Waals surface area contributed by atoms with Crippen LogP contribution in [0.25, 0.3) is 0 Å². The fraction of sp³-hybridized carbons (Fsp3) is 0.250. The van der Waals surface area contributed by atoms with Gasteiger partial charge in [-0.05, 0) is 53.6 Å². The van der Waals surface area contributed by atoms with Crippen molar-refractivity contribution < 1.29 is 28.2 Å². The predicted molar refractivity (Wildman–Crippen MR) is 130 cm³/mol. The summed E-state index contributed by atoms with van der Waals surface area (Å²) in [5.74, 6) is -1.61. The lowest BCUT2D eigenvalue weighted by Gasteiger charge is -2.36. The van der Waals surface area contributed by atoms with Gasteiger partial charge in [0.15, 0.2) is 6.61 Å². The standard InChI is InChI=1S/C28H25FN2O5/c29-22-7-9-23(10-8-22)30-12-14-31(15-13-30)26(32)18-35-27(33)20-6-11-24-21(16-20)17-25(36-28(24)34)19-4-2-1-3-5-19/h1-11,16,25H,12-15,17-18H2. The highest BCUT2D eigenvalue weighted by Gasteiger charge is 2.29. The molecule has 7 nitrogen and oxygen atoms in total. The van der Waals surface area contributed by atoms with E-state index < -0.39 is 18.0 Å². The van der Waals surface area contributed by atoms with E-state index in [-0.39, 0.29) is 23.9 Å². The summed E-state index contributed by atoms with van der Waals surface area (Å²) in [5, 5.41) is 0. The zero-order valence-corrected chi connectivity index (χ0v) is 19.6. The number of carbonyl (C=O) groups is 3. The van der Waals surface area contributed by atoms with Crippen molar-refractivity contribution in [2.24, 2.45) is 0 Å². The van der Waals surface area contributed by atoms with Gasteiger partial charge in [-0.15, -0.1) is 0 Å². The van der Waals surface area contributed by atoms with Crippen LogP contribution >= 0.6 is 0 Å². The molecule has 1 unspecified atom stereocenters. The van der Waals surface area contributed by atoms with E-state index in [0.717, 1.165) is 11.3 Å². The van der Waals surface area contributed by atoms with Gasteiger partial charge in [-0.25, -0.2) is 14.0 Å². The number of carbonyl (C=O) groups excluding carboxylic acids is 3. The van der Waals surface area contributed by atoms with E-state index >= 15 is 0 Å². The molecule has 0 saturated carbocycles. The number of ether oxygens (including phenoxy) is 2. The van der Waals surface area contributed by atoms with E-state index in [1.165, 1.54) is 18.2 Å². The SMILES string of the molecule is O=C(OCC(=O)N1CCN(c2ccc(F)cc2)CC1)c1ccc2c(c1)CC(c1ccccc1)OC2=O. The highest BCUT2D eigenvalue weighted by Crippen LogP contribution is 2.31. The van der Waals surface area contributed by atoms with Crippen molar-refractivity contribution in [2.75, 3.05) is 37.7 Å². The maximum absolute atomic E-state index is 13.1. The topological polar surface area (TPSA) is 76.2 Å². The molecule has 1 amide bonds. The predicted octanol–water partition coefficient (Wildman–Crippen LogP) is 3.79. The Morgan fingerprint density at radius 2 is 1.67 bits per heavy atom. The molecule has 3 aromatic rings. The van der Waals surface area contributed by atoms with Gasteiger partial charge in [-0.3, -0.25) is 4.79 Å². The molecule has 1 atom stereocenters. The molecule has 0 spiro atoms. The summed E-state index contributed by atoms with van der Waals surface area (Å²) in [4.78, 5) is 41.5. The summed E-state index contributed by atoms with van der Waals surface area (Å²) in [6.45, 7) is 1.82. The number of piperazine rings is 1. The molecule has 2 aliphatic heterocycles. The highest BCUT2D eigenvalue weighted by molar-refractivity contribution is 5.96. The first-order valence-corrected chi connectivity index (χ1v) is 11.8. The van der Waals surface area contributed by atoms with Gasteiger partial charge in [0.05, 0.1) is 11.1 Å². The van der Waals surface area contributed by atoms with Crippen LogP contribution in [0, 0.1) is 5.82 Å². The Balaban J connectivity index is 1.16. The van der Waals surface area contributed by atoms with Gasteiger partial charge in [0.2, 0.25) is 0 Å². The molecule has 1 saturated heterocycles. The number of fused-ring (bicyclic) bond motifs is 1. The Labute approximate surface area is 208 Å². The first-order valence-electron chi connectivity index (χ1n) is 11.8. The number of benzene rings is 3. The molecule has 3 aromatic carbocycles. The number of esters is 2. The Morgan fingerprint density at radius 3 is 2.39 bits per heavy atom. The third kappa shape index (κ3) is 5.07. The Hall–Kier alpha value is -4.20. The molecule has 8 heteroatoms. The molecular weight excluding hydrogens is 463 g/mol. The minimum atomic E-state index is -0.619. The van der Waals surface area contributed by atoms with Gasteiger partial charge < -0.3 is 19.3 Å². The fourth-order valence-corrected chi connectivity index (χ4v) is 4.54. The van der Waals surface area contributed by atoms with Crippen molar-refractivity contribution in [1.29, 1.82) is 0 Å². The second-order valence-corrected chi connectivity index (χ2v) is 8.80. The number of amides is 1. The normalized spacial score (nSPS) is 17.2. The minimum absolute atomic E-state index is 0.271. The van der Waals surface area contributed by atoms with E-state index in [4.69, 9.17) is 9.47 Å². The second-order valence-electron chi connectivity index (χ2n) is 8.80. The van der Waals surface area contributed by atoms with Crippen LogP contribution in [-0.4, -0.2) is 55.5 Å². The van der Waals surface area contributed by atoms with Gasteiger partial charge in [0.25, 0.3) is 5.91 Å². The highest BCUT2D eigenvalue weighted by atomic mass is 19.1. The summed E-state index contributed by atoms with van der Waals surface area (Å²) in [7, 11) is 0. The van der Waals surface area contributed by atoms with Crippen LogP contribution in [0.3, 0.4) is 0 Å². The molecule has 184 valence electrons. The number of anilines is 1. The van der Waals surface area contributed by atoms with E-state index in [1.54, 1.807) is 29.2 Å². The number of rotatable bonds is 5. The van der Waals surface area contributed by atoms with Crippen LogP contribution in [0.5, 0.6) is 0 Å². The van der Waals surface area contributed by atoms with Crippen molar-refractivity contribution in [3.05, 3.63) is 101 Å². The molecular formula is C28H25FN2O5. The summed E-state index contributed by atoms with van der Waals surface area (Å²) < 4.78 is 24.0. The molecule has 2 heterocycles. The van der Waals surface area contributed by atoms with Crippen molar-refractivity contribution >= 4 is 23.5 Å². The smallest absolute Gasteiger partial charge is 0.339 e. The lowest BCUT2D eigenvalue weighted by atomic mass is 9.93. The number of halogens is 1. The van der Waals surface area contributed by atoms with Gasteiger partial charge in [0, 0.05) is 38.3 Å². The minimum Gasteiger partial charge on any atom is -0.454 e. The van der Waals surface area contributed by atoms with Crippen molar-refractivity contribution in [3.63, 3.8) is 0 Å². The Bertz CT molecular complexity index is 1270. The maximum atomic E-state index is 13.1. The van der Waals surface area contributed by atoms with Crippen LogP contribution < -0.4 is 4.90 Å². The van der Waals surface area contributed by atoms with Crippen molar-refractivity contribution in [3.8, 4) is 0 Å². The Kier molecular flexibility index (Phi) is 6.66. The average Bonchev–Trinajstić information content (AvgIpc) is 2.92. The zero-order valence-electron chi connectivity index (χ0n) is 19.6. The number of hydrogen-bond acceptors (Lipinski definition) is 6. The van der Waals surface area contributed by atoms with E-state index in [1.807, 2.05) is 30.3 Å². The van der Waals surface area contributed by atoms with Gasteiger partial charge in [-0.1, -0.05) is 30.3 Å². The zero-order chi connectivity index (χ0) is 25.1. The molecule has 0 radical (unpaired) electrons. The molecule has 0 aromatic heterocycles. The third-order valence-electron chi connectivity index (χ3n) is 6.54. The molecule has 0 aliphatic carbocycles. The summed E-state index contributed by atoms with van der Waals surface area (Å²) in [5.41, 5.74) is 3.20. The van der Waals surface area contributed by atoms with Crippen molar-refractivity contribution in [1.82, 2.24) is 4.90 Å². The Morgan fingerprint density at radius 1 is 0.944 bits per heavy atom. The molecule has 0 bridgehead atoms. The van der Waals surface area contributed by atoms with Gasteiger partial charge >= 0.3 is 11.9 Å². The molecule has 0 N–H and O–H groups in total. The summed E-state index contributed by atoms with van der Waals surface area (Å²) >= 11 is 0. The second kappa shape index (κ2) is 10.2. The van der Waals surface area contributed by atoms with Crippen LogP contribution in [0.4, 0.5) is 10.1 Å². The van der Waals surface area contributed by atoms with E-state index in [0.29, 0.717) is 43.7 Å². The van der Waals surface area contributed by atoms with E-state index in [9.17, 15) is 18.8 Å². The van der Waals surface area contributed by atoms with E-state index in [2.05, 4.69) is 4.90 Å². The lowest BCUT2D eigenvalue weighted by molar-refractivity contribution is -0.134. The van der Waals surface area contributed by atoms with Crippen LogP contribution in [0.1, 0.15) is 37.9 Å². The molecule has 2 aliphatic rings. The number of cyclic esters (lactones) is 1. The monoisotopic (exact) mass is 488 g/mol. The molecule has 36 heavy (non-hydrogen) atoms. The summed E-state index contributed by atoms with van der Waals surface area (Å²) in [6, 6.07) is 20.4. The quantitative estimate of drug-likeness (QED) is 0.509.